The molecule has 32 heavy (non-hydrogen) atoms. The van der Waals surface area contributed by atoms with E-state index in [2.05, 4.69) is 10.1 Å². The van der Waals surface area contributed by atoms with Crippen LogP contribution in [-0.2, 0) is 6.17 Å². The normalized spacial score (nSPS) is 12.7. The molecule has 4 nitrogen and oxygen atoms in total. The van der Waals surface area contributed by atoms with E-state index in [9.17, 15) is 13.9 Å². The fourth-order valence-electron chi connectivity index (χ4n) is 4.02. The lowest BCUT2D eigenvalue weighted by molar-refractivity contribution is 0.203. The predicted octanol–water partition coefficient (Wildman–Crippen LogP) is 4.17. The smallest absolute Gasteiger partial charge is 0.160 e. The van der Waals surface area contributed by atoms with E-state index < -0.39 is 15.6 Å². The molecule has 164 valence electrons. The van der Waals surface area contributed by atoms with Crippen molar-refractivity contribution in [2.24, 2.45) is 0 Å². The summed E-state index contributed by atoms with van der Waals surface area (Å²) in [6.45, 7) is 3.95. The maximum absolute atomic E-state index is 13.5. The summed E-state index contributed by atoms with van der Waals surface area (Å²) in [4.78, 5) is 4.33. The minimum atomic E-state index is -0.911. The number of aryl methyl sites for hydroxylation is 2. The first-order valence-electron chi connectivity index (χ1n) is 10.6. The van der Waals surface area contributed by atoms with E-state index >= 15 is 0 Å². The number of halogens is 2. The van der Waals surface area contributed by atoms with Crippen molar-refractivity contribution in [3.8, 4) is 0 Å². The highest BCUT2D eigenvalue weighted by Gasteiger charge is 2.21. The Morgan fingerprint density at radius 2 is 1.50 bits per heavy atom. The molecule has 0 aliphatic rings. The van der Waals surface area contributed by atoms with Crippen LogP contribution < -0.4 is 0 Å². The summed E-state index contributed by atoms with van der Waals surface area (Å²) < 4.78 is 28.7. The quantitative estimate of drug-likeness (QED) is 0.431. The summed E-state index contributed by atoms with van der Waals surface area (Å²) in [5, 5.41) is 15.4. The number of aromatic nitrogens is 3. The van der Waals surface area contributed by atoms with E-state index in [0.717, 1.165) is 27.8 Å². The molecule has 0 aliphatic carbocycles. The number of benzene rings is 3. The number of hydrogen-bond donors (Lipinski definition) is 1. The van der Waals surface area contributed by atoms with E-state index in [-0.39, 0.29) is 17.2 Å². The molecule has 4 rings (SSSR count). The minimum absolute atomic E-state index is 0.0473. The van der Waals surface area contributed by atoms with Crippen molar-refractivity contribution in [1.82, 2.24) is 14.8 Å². The van der Waals surface area contributed by atoms with Gasteiger partial charge in [-0.2, -0.15) is 5.10 Å². The fourth-order valence-corrected chi connectivity index (χ4v) is 6.08. The minimum Gasteiger partial charge on any atom is -0.380 e. The Labute approximate surface area is 188 Å². The lowest BCUT2D eigenvalue weighted by atomic mass is 10.0. The van der Waals surface area contributed by atoms with Crippen LogP contribution in [0, 0.1) is 25.5 Å². The van der Waals surface area contributed by atoms with Crippen molar-refractivity contribution in [2.45, 2.75) is 31.7 Å². The second-order valence-corrected chi connectivity index (χ2v) is 9.89. The number of rotatable bonds is 7. The van der Waals surface area contributed by atoms with E-state index in [4.69, 9.17) is 0 Å². The summed E-state index contributed by atoms with van der Waals surface area (Å²) in [6, 6.07) is 18.9. The lowest BCUT2D eigenvalue weighted by Crippen LogP contribution is -2.20. The van der Waals surface area contributed by atoms with Crippen LogP contribution in [0.4, 0.5) is 8.78 Å². The third kappa shape index (κ3) is 4.84. The SMILES string of the molecule is Cc1ccc(C)c(C(O)c2ncnn2C[SiH2]C(c2ccc(F)cc2)c2ccc(F)cc2)c1. The van der Waals surface area contributed by atoms with E-state index in [1.807, 2.05) is 32.0 Å². The molecule has 7 heteroatoms. The maximum Gasteiger partial charge on any atom is 0.160 e. The predicted molar refractivity (Wildman–Crippen MR) is 123 cm³/mol. The van der Waals surface area contributed by atoms with Gasteiger partial charge in [0.25, 0.3) is 0 Å². The Bertz CT molecular complexity index is 1150. The van der Waals surface area contributed by atoms with Crippen molar-refractivity contribution < 1.29 is 13.9 Å². The van der Waals surface area contributed by atoms with Crippen LogP contribution in [0.1, 0.15) is 45.3 Å². The fraction of sp³-hybridized carbons (Fsp3) is 0.200. The van der Waals surface area contributed by atoms with Crippen LogP contribution in [0.15, 0.2) is 73.1 Å². The van der Waals surface area contributed by atoms with Crippen LogP contribution in [0.2, 0.25) is 0 Å². The first-order valence-corrected chi connectivity index (χ1v) is 12.4. The van der Waals surface area contributed by atoms with Gasteiger partial charge >= 0.3 is 0 Å². The number of aliphatic hydroxyl groups is 1. The Morgan fingerprint density at radius 3 is 2.09 bits per heavy atom. The van der Waals surface area contributed by atoms with Crippen LogP contribution >= 0.6 is 0 Å². The molecule has 0 bridgehead atoms. The molecule has 0 fully saturated rings. The van der Waals surface area contributed by atoms with Crippen molar-refractivity contribution in [1.29, 1.82) is 0 Å². The van der Waals surface area contributed by atoms with Crippen molar-refractivity contribution >= 4 is 9.52 Å². The van der Waals surface area contributed by atoms with Crippen molar-refractivity contribution in [3.05, 3.63) is 118 Å². The van der Waals surface area contributed by atoms with Gasteiger partial charge in [0.05, 0.1) is 9.52 Å². The van der Waals surface area contributed by atoms with Gasteiger partial charge in [-0.05, 0) is 65.9 Å². The molecular formula is C25H25F2N3OSi. The van der Waals surface area contributed by atoms with Gasteiger partial charge in [0, 0.05) is 6.17 Å². The van der Waals surface area contributed by atoms with Gasteiger partial charge in [-0.15, -0.1) is 0 Å². The summed E-state index contributed by atoms with van der Waals surface area (Å²) in [5.41, 5.74) is 4.90. The zero-order valence-electron chi connectivity index (χ0n) is 18.0. The second-order valence-electron chi connectivity index (χ2n) is 8.05. The molecule has 3 aromatic carbocycles. The van der Waals surface area contributed by atoms with Crippen molar-refractivity contribution in [3.63, 3.8) is 0 Å². The van der Waals surface area contributed by atoms with Gasteiger partial charge in [-0.3, -0.25) is 4.68 Å². The van der Waals surface area contributed by atoms with Gasteiger partial charge in [0.1, 0.15) is 24.1 Å². The Balaban J connectivity index is 1.60. The maximum atomic E-state index is 13.5. The summed E-state index contributed by atoms with van der Waals surface area (Å²) in [5.74, 6) is -0.0740. The number of nitrogens with zero attached hydrogens (tertiary/aromatic N) is 3. The molecule has 1 N–H and O–H groups in total. The average molecular weight is 450 g/mol. The summed E-state index contributed by atoms with van der Waals surface area (Å²) >= 11 is 0. The monoisotopic (exact) mass is 449 g/mol. The molecule has 0 amide bonds. The highest BCUT2D eigenvalue weighted by Crippen LogP contribution is 2.27. The molecule has 1 atom stereocenters. The Kier molecular flexibility index (Phi) is 6.57. The zero-order valence-corrected chi connectivity index (χ0v) is 19.5. The molecule has 4 aromatic rings. The van der Waals surface area contributed by atoms with E-state index in [0.29, 0.717) is 12.0 Å². The van der Waals surface area contributed by atoms with Gasteiger partial charge in [-0.25, -0.2) is 13.8 Å². The second kappa shape index (κ2) is 9.54. The molecule has 0 saturated heterocycles. The molecule has 0 saturated carbocycles. The third-order valence-corrected chi connectivity index (χ3v) is 8.00. The number of hydrogen-bond acceptors (Lipinski definition) is 3. The zero-order chi connectivity index (χ0) is 22.7. The first kappa shape index (κ1) is 22.0. The highest BCUT2D eigenvalue weighted by molar-refractivity contribution is 6.37. The van der Waals surface area contributed by atoms with Gasteiger partial charge < -0.3 is 5.11 Å². The Hall–Kier alpha value is -3.16. The lowest BCUT2D eigenvalue weighted by Gasteiger charge is -2.19. The van der Waals surface area contributed by atoms with E-state index in [1.165, 1.54) is 30.6 Å². The Morgan fingerprint density at radius 1 is 0.906 bits per heavy atom. The van der Waals surface area contributed by atoms with E-state index in [1.54, 1.807) is 28.9 Å². The molecule has 1 unspecified atom stereocenters. The highest BCUT2D eigenvalue weighted by atomic mass is 28.2. The number of aliphatic hydroxyl groups excluding tert-OH is 1. The molecule has 1 heterocycles. The summed E-state index contributed by atoms with van der Waals surface area (Å²) in [6.07, 6.45) is 1.21. The van der Waals surface area contributed by atoms with Crippen molar-refractivity contribution in [2.75, 3.05) is 0 Å². The van der Waals surface area contributed by atoms with Crippen LogP contribution in [0.5, 0.6) is 0 Å². The van der Waals surface area contributed by atoms with Gasteiger partial charge in [0.15, 0.2) is 5.82 Å². The summed E-state index contributed by atoms with van der Waals surface area (Å²) in [7, 11) is -0.911. The largest absolute Gasteiger partial charge is 0.380 e. The van der Waals surface area contributed by atoms with Gasteiger partial charge in [0.2, 0.25) is 0 Å². The molecule has 0 aliphatic heterocycles. The average Bonchev–Trinajstić information content (AvgIpc) is 3.26. The molecular weight excluding hydrogens is 424 g/mol. The van der Waals surface area contributed by atoms with Gasteiger partial charge in [-0.1, -0.05) is 48.0 Å². The van der Waals surface area contributed by atoms with Crippen LogP contribution in [0.25, 0.3) is 0 Å². The first-order chi connectivity index (χ1) is 15.4. The molecule has 0 radical (unpaired) electrons. The topological polar surface area (TPSA) is 50.9 Å². The standard InChI is InChI=1S/C25H25F2N3OSi/c1-16-3-4-17(2)22(13-16)23(31)25-28-14-29-30(25)15-32-24(18-5-9-20(26)10-6-18)19-7-11-21(27)12-8-19/h3-14,23-24,31H,15,32H2,1-2H3. The molecule has 1 aromatic heterocycles. The third-order valence-electron chi connectivity index (χ3n) is 5.79. The molecule has 0 spiro atoms. The van der Waals surface area contributed by atoms with Crippen LogP contribution in [0.3, 0.4) is 0 Å². The van der Waals surface area contributed by atoms with Crippen LogP contribution in [-0.4, -0.2) is 29.4 Å².